The molecule has 7 nitrogen and oxygen atoms in total. The van der Waals surface area contributed by atoms with Crippen LogP contribution in [0.15, 0.2) is 29.3 Å². The summed E-state index contributed by atoms with van der Waals surface area (Å²) in [4.78, 5) is 22.5. The molecule has 1 fully saturated rings. The van der Waals surface area contributed by atoms with Gasteiger partial charge in [-0.1, -0.05) is 0 Å². The van der Waals surface area contributed by atoms with Gasteiger partial charge in [0.15, 0.2) is 5.82 Å². The predicted octanol–water partition coefficient (Wildman–Crippen LogP) is 1.05. The van der Waals surface area contributed by atoms with E-state index in [1.165, 1.54) is 20.8 Å². The highest BCUT2D eigenvalue weighted by Crippen LogP contribution is 2.19. The Morgan fingerprint density at radius 3 is 3.12 bits per heavy atom. The normalized spacial score (nSPS) is 18.0. The summed E-state index contributed by atoms with van der Waals surface area (Å²) >= 11 is 1.53. The molecular formula is C17H21N5O2S. The number of aryl methyl sites for hydroxylation is 1. The fourth-order valence-electron chi connectivity index (χ4n) is 2.92. The molecule has 132 valence electrons. The summed E-state index contributed by atoms with van der Waals surface area (Å²) < 4.78 is 7.39. The van der Waals surface area contributed by atoms with E-state index in [1.54, 1.807) is 19.4 Å². The second-order valence-electron chi connectivity index (χ2n) is 6.15. The molecule has 25 heavy (non-hydrogen) atoms. The van der Waals surface area contributed by atoms with Gasteiger partial charge < -0.3 is 14.2 Å². The molecule has 0 N–H and O–H groups in total. The van der Waals surface area contributed by atoms with Gasteiger partial charge in [0.1, 0.15) is 10.9 Å². The Bertz CT molecular complexity index is 825. The number of anilines is 1. The number of nitriles is 1. The van der Waals surface area contributed by atoms with E-state index in [0.717, 1.165) is 24.5 Å². The van der Waals surface area contributed by atoms with Crippen molar-refractivity contribution in [2.75, 3.05) is 38.2 Å². The predicted molar refractivity (Wildman–Crippen MR) is 96.8 cm³/mol. The van der Waals surface area contributed by atoms with Crippen molar-refractivity contribution >= 4 is 17.2 Å². The molecule has 8 heteroatoms. The third-order valence-electron chi connectivity index (χ3n) is 4.21. The second kappa shape index (κ2) is 7.78. The molecule has 0 amide bonds. The fourth-order valence-corrected chi connectivity index (χ4v) is 3.76. The van der Waals surface area contributed by atoms with Gasteiger partial charge >= 0.3 is 0 Å². The summed E-state index contributed by atoms with van der Waals surface area (Å²) in [5.74, 6) is 0.433. The zero-order valence-corrected chi connectivity index (χ0v) is 15.2. The summed E-state index contributed by atoms with van der Waals surface area (Å²) in [6, 6.07) is 6.05. The first kappa shape index (κ1) is 17.6. The lowest BCUT2D eigenvalue weighted by Gasteiger charge is -2.34. The first-order chi connectivity index (χ1) is 12.1. The van der Waals surface area contributed by atoms with Gasteiger partial charge in [0.2, 0.25) is 0 Å². The second-order valence-corrected chi connectivity index (χ2v) is 7.32. The molecular weight excluding hydrogens is 338 g/mol. The summed E-state index contributed by atoms with van der Waals surface area (Å²) in [5.41, 5.74) is -0.111. The number of ether oxygens (including phenoxy) is 1. The smallest absolute Gasteiger partial charge is 0.293 e. The topological polar surface area (TPSA) is 74.4 Å². The Balaban J connectivity index is 1.60. The van der Waals surface area contributed by atoms with Crippen molar-refractivity contribution < 1.29 is 4.74 Å². The van der Waals surface area contributed by atoms with E-state index in [9.17, 15) is 4.79 Å². The SMILES string of the molecule is CN(C[C@H]1CN(Cc2ccc(C#N)s2)CCO1)c1nccn(C)c1=O. The fraction of sp³-hybridized carbons (Fsp3) is 0.471. The molecule has 3 rings (SSSR count). The van der Waals surface area contributed by atoms with Gasteiger partial charge in [-0.25, -0.2) is 4.98 Å². The molecule has 2 aromatic heterocycles. The lowest BCUT2D eigenvalue weighted by Crippen LogP contribution is -2.47. The van der Waals surface area contributed by atoms with Crippen LogP contribution in [0, 0.1) is 11.3 Å². The molecule has 0 aromatic carbocycles. The van der Waals surface area contributed by atoms with Gasteiger partial charge in [-0.2, -0.15) is 5.26 Å². The Hall–Kier alpha value is -2.21. The molecule has 1 saturated heterocycles. The number of aromatic nitrogens is 2. The number of thiophene rings is 1. The monoisotopic (exact) mass is 359 g/mol. The number of hydrogen-bond donors (Lipinski definition) is 0. The number of likely N-dealkylation sites (N-methyl/N-ethyl adjacent to an activating group) is 1. The molecule has 0 unspecified atom stereocenters. The van der Waals surface area contributed by atoms with Crippen molar-refractivity contribution in [3.63, 3.8) is 0 Å². The standard InChI is InChI=1S/C17H21N5O2S/c1-20-6-5-19-16(17(20)23)21(2)10-13-11-22(7-8-24-13)12-15-4-3-14(9-18)25-15/h3-6,13H,7-8,10-12H2,1-2H3/t13-/m0/s1. The highest BCUT2D eigenvalue weighted by molar-refractivity contribution is 7.12. The van der Waals surface area contributed by atoms with E-state index < -0.39 is 0 Å². The third kappa shape index (κ3) is 4.25. The lowest BCUT2D eigenvalue weighted by atomic mass is 10.2. The maximum atomic E-state index is 12.2. The minimum atomic E-state index is -0.111. The van der Waals surface area contributed by atoms with E-state index in [0.29, 0.717) is 19.0 Å². The van der Waals surface area contributed by atoms with Crippen LogP contribution in [-0.4, -0.2) is 53.8 Å². The van der Waals surface area contributed by atoms with Crippen molar-refractivity contribution in [3.8, 4) is 6.07 Å². The molecule has 0 spiro atoms. The summed E-state index contributed by atoms with van der Waals surface area (Å²) in [7, 11) is 3.58. The van der Waals surface area contributed by atoms with Crippen LogP contribution in [0.4, 0.5) is 5.82 Å². The number of morpholine rings is 1. The van der Waals surface area contributed by atoms with Crippen LogP contribution < -0.4 is 10.5 Å². The molecule has 0 radical (unpaired) electrons. The Morgan fingerprint density at radius 2 is 2.36 bits per heavy atom. The Labute approximate surface area is 150 Å². The molecule has 1 aliphatic heterocycles. The van der Waals surface area contributed by atoms with Crippen molar-refractivity contribution in [1.82, 2.24) is 14.5 Å². The molecule has 1 aliphatic rings. The minimum absolute atomic E-state index is 0.0147. The zero-order valence-electron chi connectivity index (χ0n) is 14.4. The van der Waals surface area contributed by atoms with Crippen LogP contribution >= 0.6 is 11.3 Å². The molecule has 0 aliphatic carbocycles. The highest BCUT2D eigenvalue weighted by Gasteiger charge is 2.23. The zero-order chi connectivity index (χ0) is 17.8. The largest absolute Gasteiger partial charge is 0.374 e. The first-order valence-electron chi connectivity index (χ1n) is 8.12. The van der Waals surface area contributed by atoms with Crippen LogP contribution in [0.3, 0.4) is 0 Å². The molecule has 2 aromatic rings. The number of rotatable bonds is 5. The Kier molecular flexibility index (Phi) is 5.48. The molecule has 0 saturated carbocycles. The highest BCUT2D eigenvalue weighted by atomic mass is 32.1. The van der Waals surface area contributed by atoms with Crippen LogP contribution in [-0.2, 0) is 18.3 Å². The summed E-state index contributed by atoms with van der Waals surface area (Å²) in [6.07, 6.45) is 3.29. The van der Waals surface area contributed by atoms with Crippen molar-refractivity contribution in [2.24, 2.45) is 7.05 Å². The van der Waals surface area contributed by atoms with E-state index in [1.807, 2.05) is 24.1 Å². The number of nitrogens with zero attached hydrogens (tertiary/aromatic N) is 5. The first-order valence-corrected chi connectivity index (χ1v) is 8.94. The molecule has 0 bridgehead atoms. The van der Waals surface area contributed by atoms with Crippen molar-refractivity contribution in [1.29, 1.82) is 5.26 Å². The van der Waals surface area contributed by atoms with Crippen LogP contribution in [0.5, 0.6) is 0 Å². The maximum Gasteiger partial charge on any atom is 0.293 e. The van der Waals surface area contributed by atoms with Gasteiger partial charge in [-0.05, 0) is 12.1 Å². The van der Waals surface area contributed by atoms with Crippen molar-refractivity contribution in [3.05, 3.63) is 44.6 Å². The summed E-state index contributed by atoms with van der Waals surface area (Å²) in [5, 5.41) is 8.94. The van der Waals surface area contributed by atoms with Gasteiger partial charge in [0.25, 0.3) is 5.56 Å². The van der Waals surface area contributed by atoms with E-state index in [4.69, 9.17) is 10.00 Å². The van der Waals surface area contributed by atoms with Gasteiger partial charge in [-0.15, -0.1) is 11.3 Å². The van der Waals surface area contributed by atoms with Crippen LogP contribution in [0.1, 0.15) is 9.75 Å². The van der Waals surface area contributed by atoms with E-state index in [-0.39, 0.29) is 11.7 Å². The maximum absolute atomic E-state index is 12.2. The van der Waals surface area contributed by atoms with Crippen LogP contribution in [0.25, 0.3) is 0 Å². The molecule has 3 heterocycles. The lowest BCUT2D eigenvalue weighted by molar-refractivity contribution is -0.0262. The average molecular weight is 359 g/mol. The van der Waals surface area contributed by atoms with Gasteiger partial charge in [-0.3, -0.25) is 9.69 Å². The quantitative estimate of drug-likeness (QED) is 0.794. The van der Waals surface area contributed by atoms with Crippen molar-refractivity contribution in [2.45, 2.75) is 12.6 Å². The van der Waals surface area contributed by atoms with E-state index >= 15 is 0 Å². The molecule has 1 atom stereocenters. The minimum Gasteiger partial charge on any atom is -0.374 e. The number of hydrogen-bond acceptors (Lipinski definition) is 7. The van der Waals surface area contributed by atoms with Gasteiger partial charge in [0, 0.05) is 57.5 Å². The summed E-state index contributed by atoms with van der Waals surface area (Å²) in [6.45, 7) is 3.75. The van der Waals surface area contributed by atoms with E-state index in [2.05, 4.69) is 16.0 Å². The third-order valence-corrected chi connectivity index (χ3v) is 5.19. The Morgan fingerprint density at radius 1 is 1.52 bits per heavy atom. The van der Waals surface area contributed by atoms with Gasteiger partial charge in [0.05, 0.1) is 12.7 Å². The average Bonchev–Trinajstić information content (AvgIpc) is 3.05. The van der Waals surface area contributed by atoms with Crippen LogP contribution in [0.2, 0.25) is 0 Å².